The summed E-state index contributed by atoms with van der Waals surface area (Å²) in [4.78, 5) is 25.0. The van der Waals surface area contributed by atoms with E-state index < -0.39 is 12.1 Å². The van der Waals surface area contributed by atoms with E-state index in [1.807, 2.05) is 18.2 Å². The summed E-state index contributed by atoms with van der Waals surface area (Å²) < 4.78 is 14.5. The Kier molecular flexibility index (Phi) is 6.47. The minimum Gasteiger partial charge on any atom is -0.388 e. The van der Waals surface area contributed by atoms with Gasteiger partial charge in [-0.15, -0.1) is 0 Å². The normalized spacial score (nSPS) is 20.6. The molecule has 2 fully saturated rings. The van der Waals surface area contributed by atoms with Crippen molar-refractivity contribution in [1.29, 1.82) is 0 Å². The van der Waals surface area contributed by atoms with Crippen molar-refractivity contribution in [3.8, 4) is 11.3 Å². The maximum Gasteiger partial charge on any atom is 0.257 e. The Bertz CT molecular complexity index is 1430. The number of carbonyl (C=O) groups is 1. The zero-order valence-electron chi connectivity index (χ0n) is 20.6. The van der Waals surface area contributed by atoms with Gasteiger partial charge in [-0.1, -0.05) is 0 Å². The summed E-state index contributed by atoms with van der Waals surface area (Å²) in [6.45, 7) is 5.56. The zero-order chi connectivity index (χ0) is 25.4. The number of hydrogen-bond acceptors (Lipinski definition) is 9. The first-order valence-electron chi connectivity index (χ1n) is 12.5. The van der Waals surface area contributed by atoms with Crippen LogP contribution in [0.15, 0.2) is 36.8 Å². The SMILES string of the molecule is CNc1cc(-c2cn(CCN3CCOCC3)c3ncccc23)nc2c(C(=O)NC3COC[C@@H]3O)cnn12. The summed E-state index contributed by atoms with van der Waals surface area (Å²) >= 11 is 0. The van der Waals surface area contributed by atoms with Crippen LogP contribution in [0.2, 0.25) is 0 Å². The van der Waals surface area contributed by atoms with Crippen LogP contribution in [0.1, 0.15) is 10.4 Å². The molecule has 0 saturated carbocycles. The van der Waals surface area contributed by atoms with Crippen LogP contribution < -0.4 is 10.6 Å². The second kappa shape index (κ2) is 10.1. The molecule has 0 bridgehead atoms. The van der Waals surface area contributed by atoms with Crippen molar-refractivity contribution in [2.75, 3.05) is 58.4 Å². The maximum absolute atomic E-state index is 13.1. The van der Waals surface area contributed by atoms with E-state index in [2.05, 4.69) is 36.4 Å². The van der Waals surface area contributed by atoms with Gasteiger partial charge in [-0.05, 0) is 12.1 Å². The van der Waals surface area contributed by atoms with Crippen molar-refractivity contribution in [3.63, 3.8) is 0 Å². The predicted octanol–water partition coefficient (Wildman–Crippen LogP) is 0.609. The fraction of sp³-hybridized carbons (Fsp3) is 0.440. The lowest BCUT2D eigenvalue weighted by molar-refractivity contribution is 0.0365. The Balaban J connectivity index is 1.37. The Labute approximate surface area is 213 Å². The number of fused-ring (bicyclic) bond motifs is 2. The van der Waals surface area contributed by atoms with Crippen LogP contribution in [0.25, 0.3) is 27.9 Å². The van der Waals surface area contributed by atoms with Gasteiger partial charge < -0.3 is 29.8 Å². The van der Waals surface area contributed by atoms with E-state index in [0.717, 1.165) is 56.0 Å². The number of carbonyl (C=O) groups excluding carboxylic acids is 1. The molecular formula is C25H30N8O4. The van der Waals surface area contributed by atoms with Crippen molar-refractivity contribution in [2.45, 2.75) is 18.7 Å². The molecule has 3 N–H and O–H groups in total. The molecule has 6 heterocycles. The lowest BCUT2D eigenvalue weighted by Crippen LogP contribution is -2.42. The number of hydrogen-bond donors (Lipinski definition) is 3. The first kappa shape index (κ1) is 23.8. The van der Waals surface area contributed by atoms with Crippen LogP contribution in [0, 0.1) is 0 Å². The van der Waals surface area contributed by atoms with Crippen molar-refractivity contribution in [3.05, 3.63) is 42.4 Å². The Morgan fingerprint density at radius 2 is 2.05 bits per heavy atom. The molecule has 6 rings (SSSR count). The van der Waals surface area contributed by atoms with Crippen LogP contribution in [-0.4, -0.2) is 105 Å². The third kappa shape index (κ3) is 4.53. The van der Waals surface area contributed by atoms with Crippen LogP contribution in [0.4, 0.5) is 5.82 Å². The molecule has 2 aliphatic rings. The van der Waals surface area contributed by atoms with Gasteiger partial charge in [-0.3, -0.25) is 9.69 Å². The average Bonchev–Trinajstić information content (AvgIpc) is 3.64. The van der Waals surface area contributed by atoms with E-state index in [-0.39, 0.29) is 19.1 Å². The number of aliphatic hydroxyl groups excluding tert-OH is 1. The molecule has 1 unspecified atom stereocenters. The van der Waals surface area contributed by atoms with Crippen LogP contribution in [-0.2, 0) is 16.0 Å². The molecule has 2 saturated heterocycles. The highest BCUT2D eigenvalue weighted by Crippen LogP contribution is 2.31. The number of amides is 1. The van der Waals surface area contributed by atoms with Gasteiger partial charge in [0, 0.05) is 62.6 Å². The van der Waals surface area contributed by atoms with Gasteiger partial charge in [-0.2, -0.15) is 9.61 Å². The van der Waals surface area contributed by atoms with Crippen molar-refractivity contribution < 1.29 is 19.4 Å². The molecule has 0 aliphatic carbocycles. The Morgan fingerprint density at radius 3 is 2.84 bits per heavy atom. The molecule has 12 heteroatoms. The summed E-state index contributed by atoms with van der Waals surface area (Å²) in [6.07, 6.45) is 4.64. The van der Waals surface area contributed by atoms with Crippen molar-refractivity contribution in [2.24, 2.45) is 0 Å². The molecule has 0 radical (unpaired) electrons. The fourth-order valence-corrected chi connectivity index (χ4v) is 4.94. The highest BCUT2D eigenvalue weighted by atomic mass is 16.5. The largest absolute Gasteiger partial charge is 0.388 e. The summed E-state index contributed by atoms with van der Waals surface area (Å²) in [5.41, 5.74) is 3.27. The lowest BCUT2D eigenvalue weighted by Gasteiger charge is -2.26. The van der Waals surface area contributed by atoms with Gasteiger partial charge in [0.15, 0.2) is 5.65 Å². The molecule has 0 aromatic carbocycles. The van der Waals surface area contributed by atoms with Crippen LogP contribution in [0.5, 0.6) is 0 Å². The summed E-state index contributed by atoms with van der Waals surface area (Å²) in [5, 5.41) is 21.4. The summed E-state index contributed by atoms with van der Waals surface area (Å²) in [6, 6.07) is 5.41. The summed E-state index contributed by atoms with van der Waals surface area (Å²) in [5.74, 6) is 0.340. The third-order valence-corrected chi connectivity index (χ3v) is 7.01. The quantitative estimate of drug-likeness (QED) is 0.330. The molecule has 4 aromatic rings. The topological polar surface area (TPSA) is 131 Å². The number of rotatable bonds is 7. The highest BCUT2D eigenvalue weighted by Gasteiger charge is 2.29. The molecule has 4 aromatic heterocycles. The van der Waals surface area contributed by atoms with Gasteiger partial charge in [-0.25, -0.2) is 9.97 Å². The second-order valence-corrected chi connectivity index (χ2v) is 9.32. The molecule has 12 nitrogen and oxygen atoms in total. The number of morpholine rings is 1. The zero-order valence-corrected chi connectivity index (χ0v) is 20.6. The van der Waals surface area contributed by atoms with E-state index >= 15 is 0 Å². The first-order valence-corrected chi connectivity index (χ1v) is 12.5. The third-order valence-electron chi connectivity index (χ3n) is 7.01. The summed E-state index contributed by atoms with van der Waals surface area (Å²) in [7, 11) is 1.80. The van der Waals surface area contributed by atoms with E-state index in [4.69, 9.17) is 14.5 Å². The molecule has 2 aliphatic heterocycles. The van der Waals surface area contributed by atoms with Crippen molar-refractivity contribution >= 4 is 28.4 Å². The van der Waals surface area contributed by atoms with Crippen molar-refractivity contribution in [1.82, 2.24) is 34.4 Å². The smallest absolute Gasteiger partial charge is 0.257 e. The van der Waals surface area contributed by atoms with Crippen LogP contribution in [0.3, 0.4) is 0 Å². The first-order chi connectivity index (χ1) is 18.1. The van der Waals surface area contributed by atoms with E-state index in [1.165, 1.54) is 6.20 Å². The van der Waals surface area contributed by atoms with Gasteiger partial charge in [0.05, 0.1) is 50.5 Å². The Hall–Kier alpha value is -3.58. The Morgan fingerprint density at radius 1 is 1.19 bits per heavy atom. The van der Waals surface area contributed by atoms with Crippen LogP contribution >= 0.6 is 0 Å². The minimum atomic E-state index is -0.738. The lowest BCUT2D eigenvalue weighted by atomic mass is 10.1. The average molecular weight is 507 g/mol. The molecule has 37 heavy (non-hydrogen) atoms. The molecular weight excluding hydrogens is 476 g/mol. The fourth-order valence-electron chi connectivity index (χ4n) is 4.94. The van der Waals surface area contributed by atoms with Gasteiger partial charge in [0.2, 0.25) is 0 Å². The standard InChI is InChI=1S/C25H30N8O4/c1-26-22-11-19(29-24-17(12-28-33(22)24)25(35)30-20-14-37-15-21(20)34)18-13-32(23-16(18)3-2-4-27-23)6-5-31-7-9-36-10-8-31/h2-4,11-13,20-21,26,34H,5-10,14-15H2,1H3,(H,30,35)/t20?,21-/m0/s1. The number of anilines is 1. The van der Waals surface area contributed by atoms with E-state index in [9.17, 15) is 9.90 Å². The minimum absolute atomic E-state index is 0.204. The monoisotopic (exact) mass is 506 g/mol. The van der Waals surface area contributed by atoms with Gasteiger partial charge >= 0.3 is 0 Å². The van der Waals surface area contributed by atoms with E-state index in [0.29, 0.717) is 22.7 Å². The molecule has 2 atom stereocenters. The number of nitrogens with zero attached hydrogens (tertiary/aromatic N) is 6. The van der Waals surface area contributed by atoms with Gasteiger partial charge in [0.25, 0.3) is 5.91 Å². The highest BCUT2D eigenvalue weighted by molar-refractivity contribution is 6.01. The maximum atomic E-state index is 13.1. The van der Waals surface area contributed by atoms with Gasteiger partial charge in [0.1, 0.15) is 17.0 Å². The second-order valence-electron chi connectivity index (χ2n) is 9.32. The molecule has 0 spiro atoms. The van der Waals surface area contributed by atoms with E-state index in [1.54, 1.807) is 17.8 Å². The number of ether oxygens (including phenoxy) is 2. The number of nitrogens with one attached hydrogen (secondary N) is 2. The predicted molar refractivity (Wildman–Crippen MR) is 137 cm³/mol. The molecule has 194 valence electrons. The number of pyridine rings is 1. The number of aliphatic hydroxyl groups is 1. The molecule has 1 amide bonds. The number of aromatic nitrogens is 5.